The first-order valence-corrected chi connectivity index (χ1v) is 20.7. The Hall–Kier alpha value is -8.28. The maximum Gasteiger partial charge on any atom is 0.235 e. The monoisotopic (exact) mass is 779 g/mol. The first-order chi connectivity index (χ1) is 30.3. The summed E-state index contributed by atoms with van der Waals surface area (Å²) in [6, 6.07) is 79.5. The van der Waals surface area contributed by atoms with Crippen LogP contribution in [0, 0.1) is 0 Å². The van der Waals surface area contributed by atoms with E-state index in [9.17, 15) is 0 Å². The highest BCUT2D eigenvalue weighted by Gasteiger charge is 2.29. The number of para-hydroxylation sites is 4. The van der Waals surface area contributed by atoms with Crippen LogP contribution in [0.4, 0.5) is 0 Å². The Balaban J connectivity index is 1.22. The van der Waals surface area contributed by atoms with Crippen molar-refractivity contribution >= 4 is 43.9 Å². The van der Waals surface area contributed by atoms with Crippen molar-refractivity contribution in [1.82, 2.24) is 23.7 Å². The standard InChI is InChI=1S/C56H37N5/c1-5-19-38(20-6-1)40-23-17-25-42(35-40)48-37-49(43-26-18-24-41(36-43)39-21-7-2-8-22-39)58-56(57-48)61-51-34-16-14-32-47(51)53-55(61)54-52(60(53)45-29-11-4-12-30-45)46-31-13-15-33-50(46)59(54)44-27-9-3-10-28-44/h1-37H. The molecule has 0 aliphatic heterocycles. The summed E-state index contributed by atoms with van der Waals surface area (Å²) in [5, 5.41) is 2.29. The van der Waals surface area contributed by atoms with Crippen LogP contribution in [0.2, 0.25) is 0 Å². The largest absolute Gasteiger partial charge is 0.306 e. The van der Waals surface area contributed by atoms with Crippen LogP contribution in [0.5, 0.6) is 0 Å². The second-order valence-electron chi connectivity index (χ2n) is 15.4. The normalized spacial score (nSPS) is 11.6. The van der Waals surface area contributed by atoms with Crippen molar-refractivity contribution in [2.24, 2.45) is 0 Å². The van der Waals surface area contributed by atoms with Crippen molar-refractivity contribution in [1.29, 1.82) is 0 Å². The van der Waals surface area contributed by atoms with Gasteiger partial charge in [0.25, 0.3) is 0 Å². The Labute approximate surface area is 352 Å². The highest BCUT2D eigenvalue weighted by Crippen LogP contribution is 2.45. The fourth-order valence-electron chi connectivity index (χ4n) is 9.14. The van der Waals surface area contributed by atoms with Gasteiger partial charge in [0, 0.05) is 33.3 Å². The summed E-state index contributed by atoms with van der Waals surface area (Å²) in [6.07, 6.45) is 0. The van der Waals surface area contributed by atoms with Gasteiger partial charge < -0.3 is 9.13 Å². The van der Waals surface area contributed by atoms with Crippen molar-refractivity contribution in [3.8, 4) is 62.1 Å². The van der Waals surface area contributed by atoms with Gasteiger partial charge in [-0.1, -0.05) is 170 Å². The molecule has 0 atom stereocenters. The van der Waals surface area contributed by atoms with E-state index in [0.29, 0.717) is 5.95 Å². The number of hydrogen-bond donors (Lipinski definition) is 0. The lowest BCUT2D eigenvalue weighted by Crippen LogP contribution is -2.05. The molecule has 0 saturated heterocycles. The lowest BCUT2D eigenvalue weighted by atomic mass is 9.99. The van der Waals surface area contributed by atoms with Gasteiger partial charge in [0.1, 0.15) is 5.52 Å². The highest BCUT2D eigenvalue weighted by molar-refractivity contribution is 6.25. The van der Waals surface area contributed by atoms with Gasteiger partial charge in [-0.05, 0) is 76.9 Å². The molecule has 5 nitrogen and oxygen atoms in total. The highest BCUT2D eigenvalue weighted by atomic mass is 15.2. The van der Waals surface area contributed by atoms with E-state index >= 15 is 0 Å². The fraction of sp³-hybridized carbons (Fsp3) is 0. The zero-order valence-electron chi connectivity index (χ0n) is 33.1. The Morgan fingerprint density at radius 2 is 0.639 bits per heavy atom. The Kier molecular flexibility index (Phi) is 8.10. The molecule has 0 aliphatic rings. The number of aromatic nitrogens is 5. The van der Waals surface area contributed by atoms with E-state index in [-0.39, 0.29) is 0 Å². The van der Waals surface area contributed by atoms with E-state index in [1.807, 2.05) is 0 Å². The summed E-state index contributed by atoms with van der Waals surface area (Å²) in [7, 11) is 0. The topological polar surface area (TPSA) is 40.6 Å². The predicted octanol–water partition coefficient (Wildman–Crippen LogP) is 14.1. The summed E-state index contributed by atoms with van der Waals surface area (Å²) in [5.74, 6) is 0.603. The Morgan fingerprint density at radius 1 is 0.262 bits per heavy atom. The average Bonchev–Trinajstić information content (AvgIpc) is 3.98. The van der Waals surface area contributed by atoms with Crippen molar-refractivity contribution in [2.45, 2.75) is 0 Å². The Morgan fingerprint density at radius 3 is 1.15 bits per heavy atom. The lowest BCUT2D eigenvalue weighted by molar-refractivity contribution is 0.995. The predicted molar refractivity (Wildman–Crippen MR) is 252 cm³/mol. The van der Waals surface area contributed by atoms with Crippen molar-refractivity contribution in [2.75, 3.05) is 0 Å². The lowest BCUT2D eigenvalue weighted by Gasteiger charge is -2.13. The van der Waals surface area contributed by atoms with E-state index in [4.69, 9.17) is 9.97 Å². The first-order valence-electron chi connectivity index (χ1n) is 20.7. The molecule has 286 valence electrons. The van der Waals surface area contributed by atoms with Gasteiger partial charge in [-0.2, -0.15) is 0 Å². The molecule has 0 unspecified atom stereocenters. The van der Waals surface area contributed by atoms with E-state index in [1.165, 1.54) is 5.39 Å². The summed E-state index contributed by atoms with van der Waals surface area (Å²) >= 11 is 0. The summed E-state index contributed by atoms with van der Waals surface area (Å²) < 4.78 is 7.17. The van der Waals surface area contributed by atoms with Crippen LogP contribution < -0.4 is 0 Å². The number of hydrogen-bond acceptors (Lipinski definition) is 2. The molecule has 8 aromatic carbocycles. The maximum absolute atomic E-state index is 5.57. The molecule has 12 aromatic rings. The molecule has 4 aromatic heterocycles. The van der Waals surface area contributed by atoms with Gasteiger partial charge in [-0.3, -0.25) is 4.57 Å². The molecule has 0 saturated carbocycles. The third kappa shape index (κ3) is 5.70. The number of fused-ring (bicyclic) bond motifs is 7. The SMILES string of the molecule is c1ccc(-c2cccc(-c3cc(-c4cccc(-c5ccccc5)c4)nc(-n4c5ccccc5c5c4c4c(c6ccccc6n4-c4ccccc4)n5-c4ccccc4)n3)c2)cc1. The molecular formula is C56H37N5. The van der Waals surface area contributed by atoms with E-state index in [2.05, 4.69) is 238 Å². The van der Waals surface area contributed by atoms with Crippen molar-refractivity contribution < 1.29 is 0 Å². The number of rotatable bonds is 7. The zero-order valence-corrected chi connectivity index (χ0v) is 33.1. The fourth-order valence-corrected chi connectivity index (χ4v) is 9.14. The molecule has 61 heavy (non-hydrogen) atoms. The van der Waals surface area contributed by atoms with E-state index in [0.717, 1.165) is 94.6 Å². The van der Waals surface area contributed by atoms with Gasteiger partial charge >= 0.3 is 0 Å². The van der Waals surface area contributed by atoms with E-state index < -0.39 is 0 Å². The minimum atomic E-state index is 0.603. The third-order valence-electron chi connectivity index (χ3n) is 11.8. The molecule has 0 fully saturated rings. The minimum absolute atomic E-state index is 0.603. The van der Waals surface area contributed by atoms with Gasteiger partial charge in [-0.15, -0.1) is 0 Å². The molecule has 0 N–H and O–H groups in total. The minimum Gasteiger partial charge on any atom is -0.306 e. The van der Waals surface area contributed by atoms with Gasteiger partial charge in [0.05, 0.1) is 39.0 Å². The van der Waals surface area contributed by atoms with E-state index in [1.54, 1.807) is 0 Å². The Bertz CT molecular complexity index is 3460. The molecule has 12 rings (SSSR count). The van der Waals surface area contributed by atoms with Crippen LogP contribution in [0.25, 0.3) is 106 Å². The molecule has 0 aliphatic carbocycles. The summed E-state index contributed by atoms with van der Waals surface area (Å²) in [5.41, 5.74) is 17.0. The van der Waals surface area contributed by atoms with Crippen LogP contribution in [0.15, 0.2) is 224 Å². The quantitative estimate of drug-likeness (QED) is 0.162. The van der Waals surface area contributed by atoms with Crippen molar-refractivity contribution in [3.63, 3.8) is 0 Å². The van der Waals surface area contributed by atoms with Gasteiger partial charge in [0.15, 0.2) is 0 Å². The zero-order chi connectivity index (χ0) is 40.3. The van der Waals surface area contributed by atoms with Crippen LogP contribution >= 0.6 is 0 Å². The molecule has 0 bridgehead atoms. The van der Waals surface area contributed by atoms with Crippen LogP contribution in [-0.4, -0.2) is 23.7 Å². The number of benzene rings is 8. The van der Waals surface area contributed by atoms with Crippen LogP contribution in [0.1, 0.15) is 0 Å². The molecule has 0 radical (unpaired) electrons. The first kappa shape index (κ1) is 34.7. The molecular weight excluding hydrogens is 743 g/mol. The summed E-state index contributed by atoms with van der Waals surface area (Å²) in [4.78, 5) is 11.1. The maximum atomic E-state index is 5.57. The molecule has 0 spiro atoms. The molecule has 4 heterocycles. The number of nitrogens with zero attached hydrogens (tertiary/aromatic N) is 5. The van der Waals surface area contributed by atoms with Crippen LogP contribution in [-0.2, 0) is 0 Å². The third-order valence-corrected chi connectivity index (χ3v) is 11.8. The summed E-state index contributed by atoms with van der Waals surface area (Å²) in [6.45, 7) is 0. The smallest absolute Gasteiger partial charge is 0.235 e. The second-order valence-corrected chi connectivity index (χ2v) is 15.4. The molecule has 0 amide bonds. The van der Waals surface area contributed by atoms with Gasteiger partial charge in [-0.25, -0.2) is 9.97 Å². The molecule has 5 heteroatoms. The van der Waals surface area contributed by atoms with Crippen LogP contribution in [0.3, 0.4) is 0 Å². The van der Waals surface area contributed by atoms with Gasteiger partial charge in [0.2, 0.25) is 5.95 Å². The second kappa shape index (κ2) is 14.2. The average molecular weight is 780 g/mol. The van der Waals surface area contributed by atoms with Crippen molar-refractivity contribution in [3.05, 3.63) is 224 Å².